The lowest BCUT2D eigenvalue weighted by atomic mass is 9.71. The van der Waals surface area contributed by atoms with Crippen LogP contribution in [0.25, 0.3) is 0 Å². The van der Waals surface area contributed by atoms with Crippen LogP contribution in [0.3, 0.4) is 0 Å². The SMILES string of the molecule is C[C@@H]1CC[C@]2(CC[C@@H](CN)O2)[C@H](C)C1. The first kappa shape index (κ1) is 10.4. The van der Waals surface area contributed by atoms with E-state index in [9.17, 15) is 0 Å². The van der Waals surface area contributed by atoms with Crippen molar-refractivity contribution in [2.75, 3.05) is 6.54 Å². The van der Waals surface area contributed by atoms with Crippen LogP contribution in [0, 0.1) is 11.8 Å². The van der Waals surface area contributed by atoms with Gasteiger partial charge in [0, 0.05) is 6.54 Å². The summed E-state index contributed by atoms with van der Waals surface area (Å²) in [4.78, 5) is 0. The van der Waals surface area contributed by atoms with Crippen molar-refractivity contribution >= 4 is 0 Å². The van der Waals surface area contributed by atoms with Gasteiger partial charge >= 0.3 is 0 Å². The summed E-state index contributed by atoms with van der Waals surface area (Å²) in [5.74, 6) is 1.61. The molecule has 2 nitrogen and oxygen atoms in total. The van der Waals surface area contributed by atoms with Gasteiger partial charge in [-0.05, 0) is 43.9 Å². The van der Waals surface area contributed by atoms with E-state index in [0.29, 0.717) is 12.6 Å². The van der Waals surface area contributed by atoms with Crippen LogP contribution in [-0.4, -0.2) is 18.2 Å². The fraction of sp³-hybridized carbons (Fsp3) is 1.00. The van der Waals surface area contributed by atoms with Crippen molar-refractivity contribution in [2.24, 2.45) is 17.6 Å². The summed E-state index contributed by atoms with van der Waals surface area (Å²) in [5.41, 5.74) is 5.88. The molecule has 1 aliphatic heterocycles. The molecule has 1 saturated carbocycles. The molecular weight excluding hydrogens is 174 g/mol. The second-order valence-electron chi connectivity index (χ2n) is 5.36. The molecule has 82 valence electrons. The Labute approximate surface area is 87.2 Å². The van der Waals surface area contributed by atoms with Gasteiger partial charge in [0.05, 0.1) is 11.7 Å². The molecule has 0 bridgehead atoms. The lowest BCUT2D eigenvalue weighted by Gasteiger charge is -2.41. The molecule has 1 heterocycles. The van der Waals surface area contributed by atoms with Crippen molar-refractivity contribution in [2.45, 2.75) is 57.7 Å². The van der Waals surface area contributed by atoms with Gasteiger partial charge in [0.15, 0.2) is 0 Å². The highest BCUT2D eigenvalue weighted by Gasteiger charge is 2.46. The molecule has 0 amide bonds. The first-order valence-corrected chi connectivity index (χ1v) is 6.04. The zero-order valence-corrected chi connectivity index (χ0v) is 9.46. The molecule has 14 heavy (non-hydrogen) atoms. The first-order chi connectivity index (χ1) is 6.66. The van der Waals surface area contributed by atoms with Gasteiger partial charge < -0.3 is 10.5 Å². The van der Waals surface area contributed by atoms with Gasteiger partial charge in [0.25, 0.3) is 0 Å². The maximum atomic E-state index is 6.17. The number of rotatable bonds is 1. The van der Waals surface area contributed by atoms with Crippen molar-refractivity contribution in [3.63, 3.8) is 0 Å². The van der Waals surface area contributed by atoms with Crippen molar-refractivity contribution in [3.8, 4) is 0 Å². The van der Waals surface area contributed by atoms with Crippen molar-refractivity contribution in [3.05, 3.63) is 0 Å². The average molecular weight is 197 g/mol. The van der Waals surface area contributed by atoms with Crippen molar-refractivity contribution < 1.29 is 4.74 Å². The Morgan fingerprint density at radius 1 is 1.29 bits per heavy atom. The number of nitrogens with two attached hydrogens (primary N) is 1. The molecule has 0 aromatic heterocycles. The normalized spacial score (nSPS) is 48.6. The molecule has 1 spiro atoms. The van der Waals surface area contributed by atoms with Crippen LogP contribution in [0.2, 0.25) is 0 Å². The van der Waals surface area contributed by atoms with E-state index in [4.69, 9.17) is 10.5 Å². The van der Waals surface area contributed by atoms with Crippen LogP contribution in [0.1, 0.15) is 46.0 Å². The van der Waals surface area contributed by atoms with E-state index < -0.39 is 0 Å². The maximum Gasteiger partial charge on any atom is 0.0713 e. The summed E-state index contributed by atoms with van der Waals surface area (Å²) in [6.07, 6.45) is 6.67. The zero-order chi connectivity index (χ0) is 10.2. The van der Waals surface area contributed by atoms with E-state index in [0.717, 1.165) is 11.8 Å². The maximum absolute atomic E-state index is 6.17. The summed E-state index contributed by atoms with van der Waals surface area (Å²) >= 11 is 0. The van der Waals surface area contributed by atoms with E-state index in [1.165, 1.54) is 32.1 Å². The van der Waals surface area contributed by atoms with E-state index in [1.54, 1.807) is 0 Å². The Bertz CT molecular complexity index is 206. The minimum absolute atomic E-state index is 0.205. The molecule has 4 atom stereocenters. The Hall–Kier alpha value is -0.0800. The molecule has 1 saturated heterocycles. The van der Waals surface area contributed by atoms with Crippen LogP contribution in [-0.2, 0) is 4.74 Å². The lowest BCUT2D eigenvalue weighted by Crippen LogP contribution is -2.42. The monoisotopic (exact) mass is 197 g/mol. The minimum atomic E-state index is 0.205. The van der Waals surface area contributed by atoms with Gasteiger partial charge in [-0.2, -0.15) is 0 Å². The third-order valence-corrected chi connectivity index (χ3v) is 4.27. The van der Waals surface area contributed by atoms with Crippen LogP contribution in [0.5, 0.6) is 0 Å². The van der Waals surface area contributed by atoms with Crippen LogP contribution < -0.4 is 5.73 Å². The largest absolute Gasteiger partial charge is 0.370 e. The summed E-state index contributed by atoms with van der Waals surface area (Å²) in [6, 6.07) is 0. The molecule has 2 rings (SSSR count). The van der Waals surface area contributed by atoms with E-state index >= 15 is 0 Å². The lowest BCUT2D eigenvalue weighted by molar-refractivity contribution is -0.0999. The minimum Gasteiger partial charge on any atom is -0.370 e. The molecule has 2 aliphatic rings. The Morgan fingerprint density at radius 3 is 2.57 bits per heavy atom. The van der Waals surface area contributed by atoms with E-state index in [-0.39, 0.29) is 5.60 Å². The molecular formula is C12H23NO. The molecule has 0 unspecified atom stereocenters. The zero-order valence-electron chi connectivity index (χ0n) is 9.46. The van der Waals surface area contributed by atoms with Gasteiger partial charge in [0.1, 0.15) is 0 Å². The van der Waals surface area contributed by atoms with Crippen LogP contribution in [0.4, 0.5) is 0 Å². The highest BCUT2D eigenvalue weighted by atomic mass is 16.5. The van der Waals surface area contributed by atoms with Crippen LogP contribution in [0.15, 0.2) is 0 Å². The van der Waals surface area contributed by atoms with Crippen LogP contribution >= 0.6 is 0 Å². The van der Waals surface area contributed by atoms with Crippen molar-refractivity contribution in [1.29, 1.82) is 0 Å². The average Bonchev–Trinajstić information content (AvgIpc) is 2.58. The molecule has 2 fully saturated rings. The molecule has 2 heteroatoms. The summed E-state index contributed by atoms with van der Waals surface area (Å²) in [6.45, 7) is 5.41. The molecule has 0 radical (unpaired) electrons. The predicted octanol–water partition coefficient (Wildman–Crippen LogP) is 2.32. The predicted molar refractivity (Wildman–Crippen MR) is 58.1 cm³/mol. The standard InChI is InChI=1S/C12H23NO/c1-9-3-5-12(10(2)7-9)6-4-11(8-13)14-12/h9-11H,3-8,13H2,1-2H3/t9-,10-,11+,12+/m1/s1. The van der Waals surface area contributed by atoms with Crippen molar-refractivity contribution in [1.82, 2.24) is 0 Å². The number of ether oxygens (including phenoxy) is 1. The Morgan fingerprint density at radius 2 is 2.00 bits per heavy atom. The van der Waals surface area contributed by atoms with Gasteiger partial charge in [-0.25, -0.2) is 0 Å². The summed E-state index contributed by atoms with van der Waals surface area (Å²) < 4.78 is 6.17. The fourth-order valence-corrected chi connectivity index (χ4v) is 3.24. The smallest absolute Gasteiger partial charge is 0.0713 e. The number of hydrogen-bond acceptors (Lipinski definition) is 2. The van der Waals surface area contributed by atoms with Gasteiger partial charge in [-0.15, -0.1) is 0 Å². The molecule has 1 aliphatic carbocycles. The summed E-state index contributed by atoms with van der Waals surface area (Å²) in [5, 5.41) is 0. The first-order valence-electron chi connectivity index (χ1n) is 6.04. The van der Waals surface area contributed by atoms with E-state index in [2.05, 4.69) is 13.8 Å². The quantitative estimate of drug-likeness (QED) is 0.700. The highest BCUT2D eigenvalue weighted by molar-refractivity contribution is 4.96. The summed E-state index contributed by atoms with van der Waals surface area (Å²) in [7, 11) is 0. The number of hydrogen-bond donors (Lipinski definition) is 1. The third-order valence-electron chi connectivity index (χ3n) is 4.27. The Balaban J connectivity index is 2.02. The van der Waals surface area contributed by atoms with Gasteiger partial charge in [-0.3, -0.25) is 0 Å². The molecule has 0 aromatic carbocycles. The second-order valence-corrected chi connectivity index (χ2v) is 5.36. The second kappa shape index (κ2) is 3.82. The van der Waals surface area contributed by atoms with Gasteiger partial charge in [-0.1, -0.05) is 13.8 Å². The molecule has 0 aromatic rings. The Kier molecular flexibility index (Phi) is 2.85. The third kappa shape index (κ3) is 1.70. The van der Waals surface area contributed by atoms with Gasteiger partial charge in [0.2, 0.25) is 0 Å². The van der Waals surface area contributed by atoms with E-state index in [1.807, 2.05) is 0 Å². The topological polar surface area (TPSA) is 35.2 Å². The fourth-order valence-electron chi connectivity index (χ4n) is 3.24. The highest BCUT2D eigenvalue weighted by Crippen LogP contribution is 2.46. The molecule has 2 N–H and O–H groups in total.